The van der Waals surface area contributed by atoms with Crippen molar-refractivity contribution in [3.05, 3.63) is 27.7 Å². The summed E-state index contributed by atoms with van der Waals surface area (Å²) in [6.45, 7) is 9.37. The van der Waals surface area contributed by atoms with Gasteiger partial charge < -0.3 is 5.11 Å². The van der Waals surface area contributed by atoms with Crippen molar-refractivity contribution in [3.63, 3.8) is 0 Å². The van der Waals surface area contributed by atoms with Crippen LogP contribution >= 0.6 is 15.9 Å². The molecule has 0 amide bonds. The van der Waals surface area contributed by atoms with E-state index in [1.807, 2.05) is 19.1 Å². The maximum atomic E-state index is 10.2. The van der Waals surface area contributed by atoms with Gasteiger partial charge in [-0.2, -0.15) is 0 Å². The summed E-state index contributed by atoms with van der Waals surface area (Å²) in [6, 6.07) is 5.09. The van der Waals surface area contributed by atoms with Crippen LogP contribution in [0.5, 0.6) is 5.75 Å². The Labute approximate surface area is 124 Å². The third-order valence-electron chi connectivity index (χ3n) is 4.17. The van der Waals surface area contributed by atoms with Crippen molar-refractivity contribution in [1.82, 2.24) is 9.80 Å². The number of phenols is 1. The molecule has 0 bridgehead atoms. The summed E-state index contributed by atoms with van der Waals surface area (Å²) in [7, 11) is 2.19. The van der Waals surface area contributed by atoms with Gasteiger partial charge in [0.25, 0.3) is 0 Å². The molecule has 1 aliphatic heterocycles. The average Bonchev–Trinajstić information content (AvgIpc) is 2.32. The molecule has 4 heteroatoms. The molecule has 0 radical (unpaired) electrons. The molecular weight excluding hydrogens is 304 g/mol. The summed E-state index contributed by atoms with van der Waals surface area (Å²) in [5.74, 6) is 0.433. The second-order valence-electron chi connectivity index (χ2n) is 5.79. The number of piperazine rings is 1. The average molecular weight is 327 g/mol. The Bertz CT molecular complexity index is 452. The Balaban J connectivity index is 2.14. The lowest BCUT2D eigenvalue weighted by Crippen LogP contribution is -2.54. The quantitative estimate of drug-likeness (QED) is 0.905. The summed E-state index contributed by atoms with van der Waals surface area (Å²) in [5, 5.41) is 10.2. The SMILES string of the molecule is Cc1cc(Br)cc(CN2CC(C)N(C)C(C)C2)c1O. The molecule has 0 aliphatic carbocycles. The molecule has 106 valence electrons. The number of nitrogens with zero attached hydrogens (tertiary/aromatic N) is 2. The minimum absolute atomic E-state index is 0.433. The zero-order valence-electron chi connectivity index (χ0n) is 12.2. The number of rotatable bonds is 2. The first-order valence-corrected chi connectivity index (χ1v) is 7.60. The normalized spacial score (nSPS) is 25.7. The summed E-state index contributed by atoms with van der Waals surface area (Å²) < 4.78 is 1.04. The van der Waals surface area contributed by atoms with E-state index in [1.54, 1.807) is 0 Å². The van der Waals surface area contributed by atoms with Crippen molar-refractivity contribution >= 4 is 15.9 Å². The van der Waals surface area contributed by atoms with Crippen LogP contribution in [-0.2, 0) is 6.54 Å². The van der Waals surface area contributed by atoms with Crippen molar-refractivity contribution in [1.29, 1.82) is 0 Å². The van der Waals surface area contributed by atoms with Gasteiger partial charge in [0.1, 0.15) is 5.75 Å². The largest absolute Gasteiger partial charge is 0.507 e. The second-order valence-corrected chi connectivity index (χ2v) is 6.70. The zero-order valence-corrected chi connectivity index (χ0v) is 13.7. The lowest BCUT2D eigenvalue weighted by molar-refractivity contribution is 0.0552. The van der Waals surface area contributed by atoms with Gasteiger partial charge in [0.05, 0.1) is 0 Å². The van der Waals surface area contributed by atoms with Crippen LogP contribution in [0.25, 0.3) is 0 Å². The molecule has 1 fully saturated rings. The molecule has 1 aliphatic rings. The summed E-state index contributed by atoms with van der Waals surface area (Å²) in [4.78, 5) is 4.85. The minimum atomic E-state index is 0.433. The predicted molar refractivity (Wildman–Crippen MR) is 82.5 cm³/mol. The maximum Gasteiger partial charge on any atom is 0.123 e. The third kappa shape index (κ3) is 3.30. The Morgan fingerprint density at radius 1 is 1.26 bits per heavy atom. The van der Waals surface area contributed by atoms with E-state index in [0.717, 1.165) is 35.2 Å². The number of hydrogen-bond acceptors (Lipinski definition) is 3. The van der Waals surface area contributed by atoms with Gasteiger partial charge in [0, 0.05) is 41.8 Å². The fourth-order valence-electron chi connectivity index (χ4n) is 2.81. The number of benzene rings is 1. The molecule has 0 spiro atoms. The maximum absolute atomic E-state index is 10.2. The predicted octanol–water partition coefficient (Wildman–Crippen LogP) is 2.99. The van der Waals surface area contributed by atoms with Crippen LogP contribution in [0.15, 0.2) is 16.6 Å². The molecular formula is C15H23BrN2O. The molecule has 1 heterocycles. The van der Waals surface area contributed by atoms with Gasteiger partial charge in [-0.05, 0) is 45.5 Å². The number of likely N-dealkylation sites (N-methyl/N-ethyl adjacent to an activating group) is 1. The van der Waals surface area contributed by atoms with Gasteiger partial charge in [-0.15, -0.1) is 0 Å². The number of hydrogen-bond donors (Lipinski definition) is 1. The Morgan fingerprint density at radius 2 is 1.84 bits per heavy atom. The fourth-order valence-corrected chi connectivity index (χ4v) is 3.43. The number of halogens is 1. The Kier molecular flexibility index (Phi) is 4.54. The highest BCUT2D eigenvalue weighted by Gasteiger charge is 2.26. The monoisotopic (exact) mass is 326 g/mol. The second kappa shape index (κ2) is 5.81. The van der Waals surface area contributed by atoms with E-state index in [-0.39, 0.29) is 0 Å². The van der Waals surface area contributed by atoms with E-state index in [4.69, 9.17) is 0 Å². The fraction of sp³-hybridized carbons (Fsp3) is 0.600. The highest BCUT2D eigenvalue weighted by Crippen LogP contribution is 2.28. The zero-order chi connectivity index (χ0) is 14.2. The van der Waals surface area contributed by atoms with E-state index >= 15 is 0 Å². The Morgan fingerprint density at radius 3 is 2.42 bits per heavy atom. The van der Waals surface area contributed by atoms with Crippen LogP contribution in [0.4, 0.5) is 0 Å². The van der Waals surface area contributed by atoms with Gasteiger partial charge in [-0.25, -0.2) is 0 Å². The molecule has 0 aromatic heterocycles. The Hall–Kier alpha value is -0.580. The number of phenolic OH excluding ortho intramolecular Hbond substituents is 1. The molecule has 2 unspecified atom stereocenters. The van der Waals surface area contributed by atoms with Gasteiger partial charge in [-0.1, -0.05) is 15.9 Å². The van der Waals surface area contributed by atoms with Crippen LogP contribution in [0.2, 0.25) is 0 Å². The lowest BCUT2D eigenvalue weighted by atomic mass is 10.1. The molecule has 1 aromatic rings. The van der Waals surface area contributed by atoms with Crippen molar-refractivity contribution in [2.45, 2.75) is 39.4 Å². The van der Waals surface area contributed by atoms with E-state index in [1.165, 1.54) is 0 Å². The minimum Gasteiger partial charge on any atom is -0.507 e. The van der Waals surface area contributed by atoms with Crippen molar-refractivity contribution in [2.24, 2.45) is 0 Å². The summed E-state index contributed by atoms with van der Waals surface area (Å²) in [6.07, 6.45) is 0. The molecule has 19 heavy (non-hydrogen) atoms. The lowest BCUT2D eigenvalue weighted by Gasteiger charge is -2.42. The summed E-state index contributed by atoms with van der Waals surface area (Å²) >= 11 is 3.51. The molecule has 1 N–H and O–H groups in total. The van der Waals surface area contributed by atoms with Crippen LogP contribution in [-0.4, -0.2) is 47.1 Å². The van der Waals surface area contributed by atoms with E-state index in [2.05, 4.69) is 46.6 Å². The van der Waals surface area contributed by atoms with E-state index < -0.39 is 0 Å². The van der Waals surface area contributed by atoms with Crippen molar-refractivity contribution in [2.75, 3.05) is 20.1 Å². The molecule has 1 aromatic carbocycles. The van der Waals surface area contributed by atoms with Crippen LogP contribution in [0.3, 0.4) is 0 Å². The molecule has 2 rings (SSSR count). The highest BCUT2D eigenvalue weighted by molar-refractivity contribution is 9.10. The molecule has 0 saturated carbocycles. The number of aryl methyl sites for hydroxylation is 1. The van der Waals surface area contributed by atoms with Crippen molar-refractivity contribution < 1.29 is 5.11 Å². The van der Waals surface area contributed by atoms with Gasteiger partial charge in [0.15, 0.2) is 0 Å². The summed E-state index contributed by atoms with van der Waals surface area (Å²) in [5.41, 5.74) is 1.94. The van der Waals surface area contributed by atoms with Gasteiger partial charge in [-0.3, -0.25) is 9.80 Å². The van der Waals surface area contributed by atoms with Crippen LogP contribution in [0, 0.1) is 6.92 Å². The molecule has 2 atom stereocenters. The topological polar surface area (TPSA) is 26.7 Å². The first kappa shape index (κ1) is 14.8. The number of aromatic hydroxyl groups is 1. The first-order chi connectivity index (χ1) is 8.88. The smallest absolute Gasteiger partial charge is 0.123 e. The van der Waals surface area contributed by atoms with Gasteiger partial charge >= 0.3 is 0 Å². The third-order valence-corrected chi connectivity index (χ3v) is 4.63. The first-order valence-electron chi connectivity index (χ1n) is 6.80. The highest BCUT2D eigenvalue weighted by atomic mass is 79.9. The molecule has 3 nitrogen and oxygen atoms in total. The van der Waals surface area contributed by atoms with E-state index in [0.29, 0.717) is 17.8 Å². The van der Waals surface area contributed by atoms with E-state index in [9.17, 15) is 5.11 Å². The van der Waals surface area contributed by atoms with Crippen LogP contribution in [0.1, 0.15) is 25.0 Å². The molecule has 1 saturated heterocycles. The van der Waals surface area contributed by atoms with Crippen molar-refractivity contribution in [3.8, 4) is 5.75 Å². The standard InChI is InChI=1S/C15H23BrN2O/c1-10-5-14(16)6-13(15(10)19)9-18-7-11(2)17(4)12(3)8-18/h5-6,11-12,19H,7-9H2,1-4H3. The van der Waals surface area contributed by atoms with Crippen LogP contribution < -0.4 is 0 Å². The van der Waals surface area contributed by atoms with Gasteiger partial charge in [0.2, 0.25) is 0 Å².